The van der Waals surface area contributed by atoms with Gasteiger partial charge in [0.1, 0.15) is 11.4 Å². The fourth-order valence-corrected chi connectivity index (χ4v) is 3.16. The first-order chi connectivity index (χ1) is 11.3. The van der Waals surface area contributed by atoms with Gasteiger partial charge >= 0.3 is 6.09 Å². The van der Waals surface area contributed by atoms with Gasteiger partial charge in [-0.05, 0) is 65.0 Å². The summed E-state index contributed by atoms with van der Waals surface area (Å²) in [5, 5.41) is 0. The van der Waals surface area contributed by atoms with Gasteiger partial charge in [0.05, 0.1) is 6.61 Å². The van der Waals surface area contributed by atoms with Gasteiger partial charge in [-0.2, -0.15) is 0 Å². The molecule has 0 saturated carbocycles. The van der Waals surface area contributed by atoms with E-state index in [2.05, 4.69) is 22.9 Å². The number of benzene rings is 1. The number of nitrogens with zero attached hydrogens (tertiary/aromatic N) is 1. The fraction of sp³-hybridized carbons (Fsp3) is 0.632. The molecule has 0 spiro atoms. The molecule has 0 radical (unpaired) electrons. The SMILES string of the molecule is Cc1c(Br)cccc1OCCC1CCN(C(=O)OC(C)(C)C)CC1. The molecule has 0 N–H and O–H groups in total. The van der Waals surface area contributed by atoms with E-state index >= 15 is 0 Å². The minimum atomic E-state index is -0.427. The van der Waals surface area contributed by atoms with Crippen LogP contribution >= 0.6 is 15.9 Å². The van der Waals surface area contributed by atoms with Gasteiger partial charge in [-0.3, -0.25) is 0 Å². The van der Waals surface area contributed by atoms with Gasteiger partial charge in [0, 0.05) is 23.1 Å². The van der Waals surface area contributed by atoms with E-state index in [4.69, 9.17) is 9.47 Å². The lowest BCUT2D eigenvalue weighted by molar-refractivity contribution is 0.0177. The van der Waals surface area contributed by atoms with E-state index in [-0.39, 0.29) is 6.09 Å². The molecule has 134 valence electrons. The Morgan fingerprint density at radius 2 is 1.96 bits per heavy atom. The zero-order chi connectivity index (χ0) is 17.7. The van der Waals surface area contributed by atoms with Crippen molar-refractivity contribution in [2.75, 3.05) is 19.7 Å². The molecule has 1 aromatic rings. The number of amides is 1. The Bertz CT molecular complexity index is 560. The van der Waals surface area contributed by atoms with E-state index in [0.717, 1.165) is 48.1 Å². The van der Waals surface area contributed by atoms with Gasteiger partial charge < -0.3 is 14.4 Å². The summed E-state index contributed by atoms with van der Waals surface area (Å²) in [5.41, 5.74) is 0.709. The second kappa shape index (κ2) is 8.24. The standard InChI is InChI=1S/C19H28BrNO3/c1-14-16(20)6-5-7-17(14)23-13-10-15-8-11-21(12-9-15)18(22)24-19(2,3)4/h5-7,15H,8-13H2,1-4H3. The monoisotopic (exact) mass is 397 g/mol. The van der Waals surface area contributed by atoms with E-state index in [1.165, 1.54) is 0 Å². The average Bonchev–Trinajstić information content (AvgIpc) is 2.50. The first kappa shape index (κ1) is 19.1. The van der Waals surface area contributed by atoms with Crippen LogP contribution in [0, 0.1) is 12.8 Å². The highest BCUT2D eigenvalue weighted by molar-refractivity contribution is 9.10. The molecule has 0 aliphatic carbocycles. The van der Waals surface area contributed by atoms with Crippen molar-refractivity contribution in [3.8, 4) is 5.75 Å². The highest BCUT2D eigenvalue weighted by Gasteiger charge is 2.26. The summed E-state index contributed by atoms with van der Waals surface area (Å²) in [4.78, 5) is 13.9. The van der Waals surface area contributed by atoms with Crippen molar-refractivity contribution in [2.24, 2.45) is 5.92 Å². The molecule has 0 bridgehead atoms. The summed E-state index contributed by atoms with van der Waals surface area (Å²) < 4.78 is 12.4. The van der Waals surface area contributed by atoms with Crippen molar-refractivity contribution in [2.45, 2.75) is 52.6 Å². The molecule has 0 atom stereocenters. The normalized spacial score (nSPS) is 16.1. The second-order valence-corrected chi connectivity index (χ2v) is 8.27. The Morgan fingerprint density at radius 3 is 2.58 bits per heavy atom. The molecule has 1 aliphatic rings. The predicted octanol–water partition coefficient (Wildman–Crippen LogP) is 5.17. The molecule has 1 aliphatic heterocycles. The number of carbonyl (C=O) groups excluding carboxylic acids is 1. The van der Waals surface area contributed by atoms with E-state index in [1.807, 2.05) is 43.9 Å². The molecule has 4 nitrogen and oxygen atoms in total. The summed E-state index contributed by atoms with van der Waals surface area (Å²) in [7, 11) is 0. The van der Waals surface area contributed by atoms with Gasteiger partial charge in [0.15, 0.2) is 0 Å². The van der Waals surface area contributed by atoms with Crippen LogP contribution in [0.1, 0.15) is 45.6 Å². The van der Waals surface area contributed by atoms with Crippen LogP contribution < -0.4 is 4.74 Å². The Balaban J connectivity index is 1.72. The Kier molecular flexibility index (Phi) is 6.55. The van der Waals surface area contributed by atoms with Gasteiger partial charge in [0.2, 0.25) is 0 Å². The minimum absolute atomic E-state index is 0.193. The Morgan fingerprint density at radius 1 is 1.29 bits per heavy atom. The lowest BCUT2D eigenvalue weighted by Gasteiger charge is -2.33. The van der Waals surface area contributed by atoms with Crippen LogP contribution in [0.4, 0.5) is 4.79 Å². The molecular weight excluding hydrogens is 370 g/mol. The summed E-state index contributed by atoms with van der Waals surface area (Å²) in [5.74, 6) is 1.55. The Labute approximate surface area is 153 Å². The van der Waals surface area contributed by atoms with Gasteiger partial charge in [-0.15, -0.1) is 0 Å². The molecule has 0 aromatic heterocycles. The van der Waals surface area contributed by atoms with Crippen molar-refractivity contribution < 1.29 is 14.3 Å². The molecule has 1 heterocycles. The number of rotatable bonds is 4. The zero-order valence-electron chi connectivity index (χ0n) is 15.1. The summed E-state index contributed by atoms with van der Waals surface area (Å²) in [6, 6.07) is 6.02. The second-order valence-electron chi connectivity index (χ2n) is 7.41. The van der Waals surface area contributed by atoms with Crippen LogP contribution in [0.3, 0.4) is 0 Å². The highest BCUT2D eigenvalue weighted by Crippen LogP contribution is 2.27. The fourth-order valence-electron chi connectivity index (χ4n) is 2.81. The number of piperidine rings is 1. The van der Waals surface area contributed by atoms with Gasteiger partial charge in [-0.1, -0.05) is 22.0 Å². The van der Waals surface area contributed by atoms with Gasteiger partial charge in [0.25, 0.3) is 0 Å². The van der Waals surface area contributed by atoms with Crippen LogP contribution in [-0.4, -0.2) is 36.3 Å². The van der Waals surface area contributed by atoms with Crippen LogP contribution in [-0.2, 0) is 4.74 Å². The van der Waals surface area contributed by atoms with Crippen LogP contribution in [0.25, 0.3) is 0 Å². The van der Waals surface area contributed by atoms with Gasteiger partial charge in [-0.25, -0.2) is 4.79 Å². The van der Waals surface area contributed by atoms with Crippen molar-refractivity contribution in [3.63, 3.8) is 0 Å². The predicted molar refractivity (Wildman–Crippen MR) is 99.5 cm³/mol. The molecule has 24 heavy (non-hydrogen) atoms. The summed E-state index contributed by atoms with van der Waals surface area (Å²) >= 11 is 3.53. The molecule has 1 fully saturated rings. The largest absolute Gasteiger partial charge is 0.493 e. The van der Waals surface area contributed by atoms with Crippen LogP contribution in [0.15, 0.2) is 22.7 Å². The molecule has 2 rings (SSSR count). The summed E-state index contributed by atoms with van der Waals surface area (Å²) in [6.45, 7) is 10.0. The van der Waals surface area contributed by atoms with Crippen molar-refractivity contribution in [1.29, 1.82) is 0 Å². The van der Waals surface area contributed by atoms with Crippen molar-refractivity contribution in [1.82, 2.24) is 4.90 Å². The topological polar surface area (TPSA) is 38.8 Å². The first-order valence-corrected chi connectivity index (χ1v) is 9.41. The first-order valence-electron chi connectivity index (χ1n) is 8.62. The third kappa shape index (κ3) is 5.69. The molecule has 1 amide bonds. The third-order valence-corrected chi connectivity index (χ3v) is 5.13. The maximum Gasteiger partial charge on any atom is 0.410 e. The van der Waals surface area contributed by atoms with Crippen LogP contribution in [0.5, 0.6) is 5.75 Å². The lowest BCUT2D eigenvalue weighted by Crippen LogP contribution is -2.41. The average molecular weight is 398 g/mol. The van der Waals surface area contributed by atoms with Crippen molar-refractivity contribution >= 4 is 22.0 Å². The lowest BCUT2D eigenvalue weighted by atomic mass is 9.94. The minimum Gasteiger partial charge on any atom is -0.493 e. The summed E-state index contributed by atoms with van der Waals surface area (Å²) in [6.07, 6.45) is 2.86. The third-order valence-electron chi connectivity index (χ3n) is 4.27. The maximum atomic E-state index is 12.1. The van der Waals surface area contributed by atoms with E-state index < -0.39 is 5.60 Å². The van der Waals surface area contributed by atoms with Crippen LogP contribution in [0.2, 0.25) is 0 Å². The zero-order valence-corrected chi connectivity index (χ0v) is 16.7. The number of hydrogen-bond donors (Lipinski definition) is 0. The molecule has 5 heteroatoms. The molecular formula is C19H28BrNO3. The number of halogens is 1. The van der Waals surface area contributed by atoms with Crippen molar-refractivity contribution in [3.05, 3.63) is 28.2 Å². The maximum absolute atomic E-state index is 12.1. The highest BCUT2D eigenvalue weighted by atomic mass is 79.9. The molecule has 0 unspecified atom stereocenters. The number of hydrogen-bond acceptors (Lipinski definition) is 3. The smallest absolute Gasteiger partial charge is 0.410 e. The van der Waals surface area contributed by atoms with E-state index in [0.29, 0.717) is 12.5 Å². The number of ether oxygens (including phenoxy) is 2. The molecule has 1 saturated heterocycles. The molecule has 1 aromatic carbocycles. The Hall–Kier alpha value is -1.23. The number of likely N-dealkylation sites (tertiary alicyclic amines) is 1. The number of carbonyl (C=O) groups is 1. The van der Waals surface area contributed by atoms with E-state index in [1.54, 1.807) is 0 Å². The van der Waals surface area contributed by atoms with E-state index in [9.17, 15) is 4.79 Å². The quantitative estimate of drug-likeness (QED) is 0.702.